The number of hydrogen-bond acceptors (Lipinski definition) is 5. The van der Waals surface area contributed by atoms with Crippen LogP contribution in [0.25, 0.3) is 0 Å². The lowest BCUT2D eigenvalue weighted by atomic mass is 9.88. The van der Waals surface area contributed by atoms with Crippen LogP contribution in [0, 0.1) is 5.92 Å². The van der Waals surface area contributed by atoms with Crippen LogP contribution in [-0.4, -0.2) is 45.7 Å². The van der Waals surface area contributed by atoms with Crippen LogP contribution >= 0.6 is 0 Å². The average molecular weight is 406 g/mol. The summed E-state index contributed by atoms with van der Waals surface area (Å²) in [4.78, 5) is 24.5. The summed E-state index contributed by atoms with van der Waals surface area (Å²) < 4.78 is 1.34. The Morgan fingerprint density at radius 3 is 2.80 bits per heavy atom. The monoisotopic (exact) mass is 406 g/mol. The van der Waals surface area contributed by atoms with Crippen LogP contribution in [0.5, 0.6) is 0 Å². The fourth-order valence-corrected chi connectivity index (χ4v) is 2.81. The summed E-state index contributed by atoms with van der Waals surface area (Å²) in [5.74, 6) is -0.780. The van der Waals surface area contributed by atoms with Crippen LogP contribution in [0.15, 0.2) is 93.6 Å². The number of carbonyl (C=O) groups excluding carboxylic acids is 1. The first-order chi connectivity index (χ1) is 14.5. The first-order valence-electron chi connectivity index (χ1n) is 9.38. The number of aliphatic hydroxyl groups is 1. The van der Waals surface area contributed by atoms with Gasteiger partial charge < -0.3 is 10.4 Å². The molecule has 2 N–H and O–H groups in total. The van der Waals surface area contributed by atoms with E-state index in [2.05, 4.69) is 38.7 Å². The zero-order valence-electron chi connectivity index (χ0n) is 17.1. The van der Waals surface area contributed by atoms with Crippen LogP contribution in [0.4, 0.5) is 0 Å². The normalized spacial score (nSPS) is 18.8. The molecular weight excluding hydrogens is 380 g/mol. The van der Waals surface area contributed by atoms with Crippen LogP contribution < -0.4 is 5.32 Å². The van der Waals surface area contributed by atoms with Crippen molar-refractivity contribution in [1.29, 1.82) is 0 Å². The first kappa shape index (κ1) is 22.5. The molecule has 0 spiro atoms. The number of nitrogens with zero attached hydrogens (tertiary/aromatic N) is 5. The molecule has 0 saturated carbocycles. The number of nitrogens with one attached hydrogen (secondary N) is 1. The van der Waals surface area contributed by atoms with Gasteiger partial charge in [0.05, 0.1) is 11.6 Å². The topological polar surface area (TPSA) is 104 Å². The second kappa shape index (κ2) is 11.3. The molecule has 156 valence electrons. The van der Waals surface area contributed by atoms with Gasteiger partial charge in [-0.25, -0.2) is 9.67 Å². The Morgan fingerprint density at radius 1 is 1.40 bits per heavy atom. The summed E-state index contributed by atoms with van der Waals surface area (Å²) in [5, 5.41) is 17.3. The number of allylic oxidation sites excluding steroid dienone is 4. The third kappa shape index (κ3) is 6.10. The predicted molar refractivity (Wildman–Crippen MR) is 121 cm³/mol. The quantitative estimate of drug-likeness (QED) is 0.314. The Bertz CT molecular complexity index is 948. The highest BCUT2D eigenvalue weighted by atomic mass is 16.3. The first-order valence-corrected chi connectivity index (χ1v) is 9.38. The predicted octanol–water partition coefficient (Wildman–Crippen LogP) is 3.36. The standard InChI is InChI=1S/C22H26N6O2/c1-5-24-14-12-16(2)19(18-10-7-6-8-11-18)26-20(29)17(3)21(30)27-22(23-4)28-15-9-13-25-28/h5-10,12-15,18-19,30H,1,4,11H2,2-3H3,(H,26,29)/b16-12+,21-17-,24-14?,27-22+. The Hall–Kier alpha value is -3.81. The van der Waals surface area contributed by atoms with Crippen molar-refractivity contribution in [2.75, 3.05) is 0 Å². The average Bonchev–Trinajstić information content (AvgIpc) is 3.30. The van der Waals surface area contributed by atoms with Crippen LogP contribution in [0.3, 0.4) is 0 Å². The van der Waals surface area contributed by atoms with Crippen molar-refractivity contribution in [3.63, 3.8) is 0 Å². The smallest absolute Gasteiger partial charge is 0.253 e. The van der Waals surface area contributed by atoms with E-state index in [1.54, 1.807) is 24.7 Å². The SMILES string of the molecule is C=CN=C/C=C(\C)C(NC(=O)/C(C)=C(O)/N=C(\N=C)n1cccn1)C1C=CC=CC1. The second-order valence-corrected chi connectivity index (χ2v) is 6.52. The van der Waals surface area contributed by atoms with E-state index >= 15 is 0 Å². The van der Waals surface area contributed by atoms with E-state index in [0.29, 0.717) is 0 Å². The van der Waals surface area contributed by atoms with Gasteiger partial charge in [0.25, 0.3) is 11.9 Å². The number of rotatable bonds is 7. The van der Waals surface area contributed by atoms with Crippen LogP contribution in [0.2, 0.25) is 0 Å². The van der Waals surface area contributed by atoms with Gasteiger partial charge >= 0.3 is 0 Å². The third-order valence-corrected chi connectivity index (χ3v) is 4.48. The highest BCUT2D eigenvalue weighted by Crippen LogP contribution is 2.22. The molecule has 1 amide bonds. The lowest BCUT2D eigenvalue weighted by molar-refractivity contribution is -0.118. The zero-order chi connectivity index (χ0) is 21.9. The van der Waals surface area contributed by atoms with Gasteiger partial charge in [0, 0.05) is 30.7 Å². The molecule has 0 fully saturated rings. The Balaban J connectivity index is 2.27. The number of carbonyl (C=O) groups is 1. The Kier molecular flexibility index (Phi) is 8.43. The summed E-state index contributed by atoms with van der Waals surface area (Å²) in [5.41, 5.74) is 0.968. The van der Waals surface area contributed by atoms with Gasteiger partial charge in [0.2, 0.25) is 5.88 Å². The van der Waals surface area contributed by atoms with Crippen molar-refractivity contribution in [2.45, 2.75) is 26.3 Å². The van der Waals surface area contributed by atoms with Gasteiger partial charge in [-0.15, -0.1) is 0 Å². The molecule has 0 bridgehead atoms. The summed E-state index contributed by atoms with van der Waals surface area (Å²) in [7, 11) is 0. The molecule has 2 unspecified atom stereocenters. The third-order valence-electron chi connectivity index (χ3n) is 4.48. The minimum absolute atomic E-state index is 0.0520. The number of aliphatic hydroxyl groups excluding tert-OH is 1. The van der Waals surface area contributed by atoms with Crippen molar-refractivity contribution in [2.24, 2.45) is 20.9 Å². The van der Waals surface area contributed by atoms with E-state index in [1.165, 1.54) is 17.8 Å². The number of aromatic nitrogens is 2. The van der Waals surface area contributed by atoms with Crippen LogP contribution in [0.1, 0.15) is 20.3 Å². The van der Waals surface area contributed by atoms with Gasteiger partial charge in [-0.1, -0.05) is 30.9 Å². The van der Waals surface area contributed by atoms with Crippen LogP contribution in [-0.2, 0) is 4.79 Å². The van der Waals surface area contributed by atoms with E-state index in [4.69, 9.17) is 0 Å². The van der Waals surface area contributed by atoms with Crippen molar-refractivity contribution in [1.82, 2.24) is 15.1 Å². The minimum Gasteiger partial charge on any atom is -0.493 e. The molecule has 30 heavy (non-hydrogen) atoms. The number of aliphatic imine (C=N–C) groups is 3. The van der Waals surface area contributed by atoms with Crippen molar-refractivity contribution >= 4 is 24.8 Å². The highest BCUT2D eigenvalue weighted by molar-refractivity contribution is 5.94. The lowest BCUT2D eigenvalue weighted by Crippen LogP contribution is -2.41. The van der Waals surface area contributed by atoms with Gasteiger partial charge in [-0.2, -0.15) is 10.1 Å². The number of amides is 1. The molecule has 2 atom stereocenters. The molecule has 1 aromatic heterocycles. The Labute approximate surface area is 176 Å². The van der Waals surface area contributed by atoms with Crippen molar-refractivity contribution < 1.29 is 9.90 Å². The Morgan fingerprint density at radius 2 is 2.20 bits per heavy atom. The molecule has 8 nitrogen and oxygen atoms in total. The highest BCUT2D eigenvalue weighted by Gasteiger charge is 2.24. The maximum absolute atomic E-state index is 12.8. The molecular formula is C22H26N6O2. The summed E-state index contributed by atoms with van der Waals surface area (Å²) >= 11 is 0. The fourth-order valence-electron chi connectivity index (χ4n) is 2.81. The molecule has 1 aromatic rings. The molecule has 0 aliphatic heterocycles. The van der Waals surface area contributed by atoms with E-state index in [1.807, 2.05) is 37.3 Å². The zero-order valence-corrected chi connectivity index (χ0v) is 17.1. The summed E-state index contributed by atoms with van der Waals surface area (Å²) in [6, 6.07) is 1.40. The molecule has 0 saturated heterocycles. The largest absolute Gasteiger partial charge is 0.493 e. The minimum atomic E-state index is -0.460. The molecule has 1 aliphatic rings. The maximum atomic E-state index is 12.8. The number of hydrogen-bond donors (Lipinski definition) is 2. The summed E-state index contributed by atoms with van der Waals surface area (Å²) in [6.07, 6.45) is 16.8. The molecule has 2 rings (SSSR count). The van der Waals surface area contributed by atoms with Crippen molar-refractivity contribution in [3.8, 4) is 0 Å². The molecule has 0 radical (unpaired) electrons. The second-order valence-electron chi connectivity index (χ2n) is 6.52. The van der Waals surface area contributed by atoms with E-state index < -0.39 is 11.8 Å². The van der Waals surface area contributed by atoms with Gasteiger partial charge in [-0.05, 0) is 44.7 Å². The van der Waals surface area contributed by atoms with E-state index in [9.17, 15) is 9.90 Å². The molecule has 8 heteroatoms. The summed E-state index contributed by atoms with van der Waals surface area (Å²) in [6.45, 7) is 10.4. The fraction of sp³-hybridized carbons (Fsp3) is 0.227. The van der Waals surface area contributed by atoms with E-state index in [0.717, 1.165) is 12.0 Å². The van der Waals surface area contributed by atoms with Gasteiger partial charge in [0.15, 0.2) is 0 Å². The molecule has 1 aliphatic carbocycles. The van der Waals surface area contributed by atoms with E-state index in [-0.39, 0.29) is 23.5 Å². The van der Waals surface area contributed by atoms with Crippen molar-refractivity contribution in [3.05, 3.63) is 78.6 Å². The van der Waals surface area contributed by atoms with Gasteiger partial charge in [-0.3, -0.25) is 9.79 Å². The maximum Gasteiger partial charge on any atom is 0.253 e. The molecule has 1 heterocycles. The molecule has 0 aromatic carbocycles. The van der Waals surface area contributed by atoms with Gasteiger partial charge in [0.1, 0.15) is 0 Å². The lowest BCUT2D eigenvalue weighted by Gasteiger charge is -2.27.